The number of nitrogens with one attached hydrogen (secondary N) is 1. The van der Waals surface area contributed by atoms with Crippen LogP contribution in [0.5, 0.6) is 11.5 Å². The Kier molecular flexibility index (Phi) is 19.1. The fourth-order valence-corrected chi connectivity index (χ4v) is 11.7. The minimum atomic E-state index is -0.880. The van der Waals surface area contributed by atoms with E-state index in [0.717, 1.165) is 122 Å². The molecule has 1 atom stereocenters. The Hall–Kier alpha value is -4.12. The molecule has 1 amide bonds. The molecule has 3 N–H and O–H groups in total. The number of halogens is 3. The van der Waals surface area contributed by atoms with Crippen LogP contribution in [0, 0.1) is 11.2 Å². The number of amides is 1. The van der Waals surface area contributed by atoms with Crippen LogP contribution in [-0.4, -0.2) is 22.1 Å². The summed E-state index contributed by atoms with van der Waals surface area (Å²) in [5.74, 6) is -1.33. The second kappa shape index (κ2) is 25.1. The molecule has 1 spiro atoms. The van der Waals surface area contributed by atoms with E-state index in [-0.39, 0.29) is 33.6 Å². The predicted molar refractivity (Wildman–Crippen MR) is 272 cm³/mol. The van der Waals surface area contributed by atoms with Crippen molar-refractivity contribution in [1.29, 1.82) is 0 Å². The normalized spacial score (nSPS) is 23.4. The Morgan fingerprint density at radius 3 is 1.97 bits per heavy atom. The summed E-state index contributed by atoms with van der Waals surface area (Å²) >= 11 is 6.98. The Morgan fingerprint density at radius 2 is 1.35 bits per heavy atom. The molecule has 0 radical (unpaired) electrons. The average molecular weight is 956 g/mol. The topological polar surface area (TPSA) is 108 Å². The number of carbonyl (C=O) groups is 1. The Morgan fingerprint density at radius 1 is 0.765 bits per heavy atom. The van der Waals surface area contributed by atoms with Gasteiger partial charge in [0.25, 0.3) is 11.5 Å². The summed E-state index contributed by atoms with van der Waals surface area (Å²) in [5, 5.41) is 3.15. The van der Waals surface area contributed by atoms with Gasteiger partial charge >= 0.3 is 0 Å². The number of hydrogen-bond acceptors (Lipinski definition) is 6. The van der Waals surface area contributed by atoms with Crippen molar-refractivity contribution in [2.45, 2.75) is 204 Å². The molecule has 0 aliphatic heterocycles. The molecule has 2 fully saturated rings. The van der Waals surface area contributed by atoms with Crippen LogP contribution in [0.3, 0.4) is 0 Å². The van der Waals surface area contributed by atoms with Crippen molar-refractivity contribution in [3.05, 3.63) is 111 Å². The van der Waals surface area contributed by atoms with Crippen molar-refractivity contribution in [2.24, 2.45) is 11.1 Å². The lowest BCUT2D eigenvalue weighted by Gasteiger charge is -2.36. The fourth-order valence-electron chi connectivity index (χ4n) is 11.4. The van der Waals surface area contributed by atoms with Crippen LogP contribution >= 0.6 is 11.6 Å². The molecule has 4 aliphatic rings. The third-order valence-corrected chi connectivity index (χ3v) is 15.5. The maximum atomic E-state index is 16.2. The highest BCUT2D eigenvalue weighted by Crippen LogP contribution is 2.44. The monoisotopic (exact) mass is 955 g/mol. The lowest BCUT2D eigenvalue weighted by atomic mass is 9.75. The number of carbonyl (C=O) groups excluding carboxylic acids is 1. The molecule has 0 saturated heterocycles. The van der Waals surface area contributed by atoms with Crippen LogP contribution < -0.4 is 21.3 Å². The molecule has 11 heteroatoms. The van der Waals surface area contributed by atoms with E-state index in [2.05, 4.69) is 10.3 Å². The molecule has 2 heterocycles. The number of ether oxygens (including phenoxy) is 2. The van der Waals surface area contributed by atoms with Crippen molar-refractivity contribution in [1.82, 2.24) is 9.55 Å². The largest absolute Gasteiger partial charge is 0.453 e. The van der Waals surface area contributed by atoms with Gasteiger partial charge in [0, 0.05) is 53.5 Å². The van der Waals surface area contributed by atoms with Gasteiger partial charge < -0.3 is 20.5 Å². The Bertz CT molecular complexity index is 2290. The molecule has 0 bridgehead atoms. The third-order valence-electron chi connectivity index (χ3n) is 15.1. The zero-order valence-electron chi connectivity index (χ0n) is 40.8. The van der Waals surface area contributed by atoms with Crippen LogP contribution in [-0.2, 0) is 15.9 Å². The second-order valence-electron chi connectivity index (χ2n) is 20.3. The first-order valence-electron chi connectivity index (χ1n) is 26.5. The quantitative estimate of drug-likeness (QED) is 0.221. The predicted octanol–water partition coefficient (Wildman–Crippen LogP) is 16.1. The molecule has 3 aromatic rings. The summed E-state index contributed by atoms with van der Waals surface area (Å²) in [6.45, 7) is 2.36. The lowest BCUT2D eigenvalue weighted by Crippen LogP contribution is -2.39. The Labute approximate surface area is 409 Å². The van der Waals surface area contributed by atoms with E-state index < -0.39 is 33.8 Å². The highest BCUT2D eigenvalue weighted by Gasteiger charge is 2.39. The van der Waals surface area contributed by atoms with E-state index in [1.165, 1.54) is 55.2 Å². The van der Waals surface area contributed by atoms with Gasteiger partial charge in [-0.05, 0) is 94.7 Å². The first kappa shape index (κ1) is 51.7. The van der Waals surface area contributed by atoms with Crippen LogP contribution in [0.4, 0.5) is 14.5 Å². The van der Waals surface area contributed by atoms with Crippen LogP contribution in [0.2, 0.25) is 5.02 Å². The summed E-state index contributed by atoms with van der Waals surface area (Å²) in [5.41, 5.74) is 6.14. The van der Waals surface area contributed by atoms with Gasteiger partial charge in [-0.2, -0.15) is 0 Å². The molecule has 370 valence electrons. The minimum Gasteiger partial charge on any atom is -0.453 e. The van der Waals surface area contributed by atoms with Crippen LogP contribution in [0.25, 0.3) is 5.70 Å². The van der Waals surface area contributed by atoms with E-state index in [1.54, 1.807) is 30.6 Å². The first-order valence-corrected chi connectivity index (χ1v) is 26.8. The van der Waals surface area contributed by atoms with Crippen molar-refractivity contribution in [3.63, 3.8) is 0 Å². The van der Waals surface area contributed by atoms with Gasteiger partial charge in [-0.15, -0.1) is 0 Å². The molecule has 1 unspecified atom stereocenters. The number of pyridine rings is 2. The molecule has 8 nitrogen and oxygen atoms in total. The van der Waals surface area contributed by atoms with E-state index in [1.807, 2.05) is 31.2 Å². The number of aromatic nitrogens is 2. The van der Waals surface area contributed by atoms with Gasteiger partial charge in [-0.25, -0.2) is 8.78 Å². The van der Waals surface area contributed by atoms with Gasteiger partial charge in [0.05, 0.1) is 22.7 Å². The number of hydrogen-bond donors (Lipinski definition) is 2. The van der Waals surface area contributed by atoms with Gasteiger partial charge in [-0.3, -0.25) is 19.1 Å². The number of allylic oxidation sites excluding steroid dienone is 6. The van der Waals surface area contributed by atoms with Gasteiger partial charge in [0.1, 0.15) is 16.3 Å². The van der Waals surface area contributed by atoms with Crippen molar-refractivity contribution in [3.8, 4) is 11.5 Å². The summed E-state index contributed by atoms with van der Waals surface area (Å²) < 4.78 is 46.3. The molecular weight excluding hydrogens is 878 g/mol. The fraction of sp³-hybridized carbons (Fsp3) is 0.596. The molecular formula is C57H77ClF2N4O4. The van der Waals surface area contributed by atoms with E-state index >= 15 is 13.6 Å². The van der Waals surface area contributed by atoms with Crippen molar-refractivity contribution < 1.29 is 23.0 Å². The number of benzene rings is 1. The maximum Gasteiger partial charge on any atom is 0.268 e. The van der Waals surface area contributed by atoms with Gasteiger partial charge in [-0.1, -0.05) is 153 Å². The molecule has 68 heavy (non-hydrogen) atoms. The minimum absolute atomic E-state index is 0.0447. The number of nitrogens with zero attached hydrogens (tertiary/aromatic N) is 2. The summed E-state index contributed by atoms with van der Waals surface area (Å²) in [7, 11) is 0. The van der Waals surface area contributed by atoms with E-state index in [4.69, 9.17) is 26.8 Å². The first-order chi connectivity index (χ1) is 33.1. The third kappa shape index (κ3) is 13.4. The standard InChI is InChI=1S/C57H77ClF2N4O4/c1-2-67-57(36-23-17-11-6-12-18-24-37-57)46-31-39-64(45-27-25-33-55(42-45)32-20-14-8-4-3-7-13-19-26-43(59)41-55)54(66)50(46)53(65)63-44-28-29-48(47(60)40-44)68-49-30-38-62-52(51(49)58)56(61)34-21-15-9-5-10-16-22-35-56/h25,27-31,38-42H,2-24,26,32-37,61H2,1H3,(H,63,65)/b43-41+. The number of rotatable bonds is 9. The van der Waals surface area contributed by atoms with Crippen molar-refractivity contribution >= 4 is 28.9 Å². The smallest absolute Gasteiger partial charge is 0.268 e. The Balaban J connectivity index is 1.22. The molecule has 2 aromatic heterocycles. The highest BCUT2D eigenvalue weighted by atomic mass is 35.5. The van der Waals surface area contributed by atoms with E-state index in [9.17, 15) is 4.79 Å². The second-order valence-corrected chi connectivity index (χ2v) is 20.7. The molecule has 4 aliphatic carbocycles. The number of nitrogens with two attached hydrogens (primary N) is 1. The van der Waals surface area contributed by atoms with Crippen LogP contribution in [0.15, 0.2) is 77.7 Å². The van der Waals surface area contributed by atoms with Gasteiger partial charge in [0.15, 0.2) is 11.6 Å². The summed E-state index contributed by atoms with van der Waals surface area (Å²) in [6, 6.07) is 7.69. The van der Waals surface area contributed by atoms with E-state index in [0.29, 0.717) is 49.2 Å². The lowest BCUT2D eigenvalue weighted by molar-refractivity contribution is -0.0617. The maximum absolute atomic E-state index is 16.2. The average Bonchev–Trinajstić information content (AvgIpc) is 3.34. The van der Waals surface area contributed by atoms with Crippen molar-refractivity contribution in [2.75, 3.05) is 11.9 Å². The molecule has 2 saturated carbocycles. The number of anilines is 1. The van der Waals surface area contributed by atoms with Gasteiger partial charge in [0.2, 0.25) is 0 Å². The summed E-state index contributed by atoms with van der Waals surface area (Å²) in [4.78, 5) is 34.8. The van der Waals surface area contributed by atoms with Crippen LogP contribution in [0.1, 0.15) is 215 Å². The SMILES string of the molecule is CCOC1(c2ccn(C3=CC4(/C=C(/F)CCCCCCCCCC4)CC=C3)c(=O)c2C(=O)Nc2ccc(Oc3ccnc(C4(N)CCCCCCCCC4)c3Cl)c(F)c2)CCCCCCCCC1. The molecule has 7 rings (SSSR count). The molecule has 1 aromatic carbocycles. The summed E-state index contributed by atoms with van der Waals surface area (Å²) in [6.07, 6.45) is 39.4. The zero-order chi connectivity index (χ0) is 47.8. The highest BCUT2D eigenvalue weighted by molar-refractivity contribution is 6.32. The zero-order valence-corrected chi connectivity index (χ0v) is 41.6.